The van der Waals surface area contributed by atoms with Gasteiger partial charge in [0.1, 0.15) is 17.6 Å². The molecule has 1 spiro atoms. The number of nitrogens with one attached hydrogen (secondary N) is 1. The van der Waals surface area contributed by atoms with Crippen molar-refractivity contribution in [3.8, 4) is 0 Å². The van der Waals surface area contributed by atoms with E-state index in [9.17, 15) is 19.5 Å². The molecule has 8 heteroatoms. The highest BCUT2D eigenvalue weighted by Crippen LogP contribution is 2.65. The monoisotopic (exact) mass is 410 g/mol. The molecule has 3 rings (SSSR count). The molecule has 3 unspecified atom stereocenters. The number of carbonyl (C=O) groups excluding carboxylic acids is 3. The largest absolute Gasteiger partial charge is 0.466 e. The van der Waals surface area contributed by atoms with E-state index in [1.807, 2.05) is 34.6 Å². The van der Waals surface area contributed by atoms with Gasteiger partial charge in [0.2, 0.25) is 11.8 Å². The van der Waals surface area contributed by atoms with Gasteiger partial charge in [0.05, 0.1) is 30.8 Å². The van der Waals surface area contributed by atoms with Gasteiger partial charge >= 0.3 is 5.97 Å². The lowest BCUT2D eigenvalue weighted by Crippen LogP contribution is -2.58. The third-order valence-electron chi connectivity index (χ3n) is 7.05. The zero-order valence-electron chi connectivity index (χ0n) is 18.2. The van der Waals surface area contributed by atoms with E-state index in [-0.39, 0.29) is 37.0 Å². The first-order valence-electron chi connectivity index (χ1n) is 10.7. The third kappa shape index (κ3) is 2.98. The summed E-state index contributed by atoms with van der Waals surface area (Å²) in [5.41, 5.74) is -1.96. The lowest BCUT2D eigenvalue weighted by molar-refractivity contribution is -0.162. The van der Waals surface area contributed by atoms with Gasteiger partial charge in [0.25, 0.3) is 0 Å². The molecule has 0 aromatic heterocycles. The van der Waals surface area contributed by atoms with Crippen LogP contribution in [0.4, 0.5) is 0 Å². The maximum absolute atomic E-state index is 13.6. The topological polar surface area (TPSA) is 105 Å². The fraction of sp³-hybridized carbons (Fsp3) is 0.857. The zero-order chi connectivity index (χ0) is 21.7. The number of hydrogen-bond acceptors (Lipinski definition) is 6. The summed E-state index contributed by atoms with van der Waals surface area (Å²) in [5, 5.41) is 12.8. The first-order valence-corrected chi connectivity index (χ1v) is 10.7. The highest BCUT2D eigenvalue weighted by atomic mass is 16.6. The molecule has 3 saturated heterocycles. The van der Waals surface area contributed by atoms with Crippen LogP contribution in [0.1, 0.15) is 54.4 Å². The molecule has 3 heterocycles. The molecule has 0 saturated carbocycles. The number of esters is 1. The van der Waals surface area contributed by atoms with Crippen LogP contribution in [0.5, 0.6) is 0 Å². The first kappa shape index (κ1) is 22.0. The van der Waals surface area contributed by atoms with Crippen molar-refractivity contribution in [1.82, 2.24) is 10.2 Å². The molecule has 0 aromatic rings. The minimum absolute atomic E-state index is 0.0236. The van der Waals surface area contributed by atoms with Crippen LogP contribution in [0.15, 0.2) is 0 Å². The molecule has 2 amide bonds. The minimum atomic E-state index is -1.09. The second-order valence-electron chi connectivity index (χ2n) is 9.11. The molecule has 3 fully saturated rings. The third-order valence-corrected chi connectivity index (χ3v) is 7.05. The average molecular weight is 411 g/mol. The maximum atomic E-state index is 13.6. The standard InChI is InChI=1S/C21H34N2O6/c1-7-13(10-24)23-16(17(25)22-11(3)4)21-9-12(5)20(6,29-21)15(14(21)18(23)26)19(27)28-8-2/h11-16,24H,7-10H2,1-6H3,(H,22,25)/t12?,13-,14-,15+,16?,20-,21?/m0/s1. The fourth-order valence-electron chi connectivity index (χ4n) is 5.74. The molecular weight excluding hydrogens is 376 g/mol. The summed E-state index contributed by atoms with van der Waals surface area (Å²) in [7, 11) is 0. The summed E-state index contributed by atoms with van der Waals surface area (Å²) < 4.78 is 11.8. The smallest absolute Gasteiger partial charge is 0.312 e. The Morgan fingerprint density at radius 2 is 2.03 bits per heavy atom. The normalized spacial score (nSPS) is 39.0. The number of nitrogens with zero attached hydrogens (tertiary/aromatic N) is 1. The molecule has 7 atom stereocenters. The van der Waals surface area contributed by atoms with Gasteiger partial charge in [-0.15, -0.1) is 0 Å². The Labute approximate surface area is 172 Å². The summed E-state index contributed by atoms with van der Waals surface area (Å²) >= 11 is 0. The number of hydrogen-bond donors (Lipinski definition) is 2. The van der Waals surface area contributed by atoms with Crippen LogP contribution in [0.2, 0.25) is 0 Å². The van der Waals surface area contributed by atoms with E-state index in [2.05, 4.69) is 5.32 Å². The van der Waals surface area contributed by atoms with E-state index in [1.165, 1.54) is 4.90 Å². The van der Waals surface area contributed by atoms with Crippen LogP contribution in [-0.4, -0.2) is 70.3 Å². The summed E-state index contributed by atoms with van der Waals surface area (Å²) in [6.45, 7) is 11.1. The van der Waals surface area contributed by atoms with Gasteiger partial charge in [-0.3, -0.25) is 14.4 Å². The van der Waals surface area contributed by atoms with Crippen molar-refractivity contribution in [2.45, 2.75) is 83.7 Å². The molecule has 2 bridgehead atoms. The molecule has 0 aromatic carbocycles. The number of rotatable bonds is 7. The minimum Gasteiger partial charge on any atom is -0.466 e. The molecule has 3 aliphatic heterocycles. The van der Waals surface area contributed by atoms with Gasteiger partial charge in [0, 0.05) is 6.04 Å². The van der Waals surface area contributed by atoms with E-state index < -0.39 is 41.1 Å². The van der Waals surface area contributed by atoms with Gasteiger partial charge in [-0.05, 0) is 46.5 Å². The van der Waals surface area contributed by atoms with E-state index in [0.717, 1.165) is 0 Å². The number of likely N-dealkylation sites (tertiary alicyclic amines) is 1. The predicted octanol–water partition coefficient (Wildman–Crippen LogP) is 0.856. The molecule has 29 heavy (non-hydrogen) atoms. The first-order chi connectivity index (χ1) is 13.6. The zero-order valence-corrected chi connectivity index (χ0v) is 18.2. The number of carbonyl (C=O) groups is 3. The number of aliphatic hydroxyl groups is 1. The molecule has 0 radical (unpaired) electrons. The van der Waals surface area contributed by atoms with E-state index in [0.29, 0.717) is 12.8 Å². The lowest BCUT2D eigenvalue weighted by atomic mass is 9.62. The number of fused-ring (bicyclic) bond motifs is 1. The number of amides is 2. The van der Waals surface area contributed by atoms with Crippen molar-refractivity contribution in [3.05, 3.63) is 0 Å². The maximum Gasteiger partial charge on any atom is 0.312 e. The Hall–Kier alpha value is -1.67. The van der Waals surface area contributed by atoms with Crippen molar-refractivity contribution in [2.24, 2.45) is 17.8 Å². The van der Waals surface area contributed by atoms with Crippen molar-refractivity contribution in [3.63, 3.8) is 0 Å². The average Bonchev–Trinajstić information content (AvgIpc) is 3.14. The van der Waals surface area contributed by atoms with Crippen LogP contribution >= 0.6 is 0 Å². The molecule has 0 aliphatic carbocycles. The van der Waals surface area contributed by atoms with Crippen LogP contribution < -0.4 is 5.32 Å². The summed E-state index contributed by atoms with van der Waals surface area (Å²) in [6.07, 6.45) is 0.998. The quantitative estimate of drug-likeness (QED) is 0.603. The summed E-state index contributed by atoms with van der Waals surface area (Å²) in [4.78, 5) is 41.3. The van der Waals surface area contributed by atoms with Gasteiger partial charge in [0.15, 0.2) is 0 Å². The van der Waals surface area contributed by atoms with Gasteiger partial charge in [-0.2, -0.15) is 0 Å². The van der Waals surface area contributed by atoms with Crippen LogP contribution in [0.25, 0.3) is 0 Å². The Bertz CT molecular complexity index is 693. The second-order valence-corrected chi connectivity index (χ2v) is 9.11. The fourth-order valence-corrected chi connectivity index (χ4v) is 5.74. The van der Waals surface area contributed by atoms with Gasteiger partial charge < -0.3 is 24.8 Å². The molecular formula is C21H34N2O6. The van der Waals surface area contributed by atoms with Gasteiger partial charge in [-0.25, -0.2) is 0 Å². The Kier molecular flexibility index (Phi) is 5.73. The molecule has 2 N–H and O–H groups in total. The molecule has 8 nitrogen and oxygen atoms in total. The Morgan fingerprint density at radius 3 is 2.55 bits per heavy atom. The molecule has 3 aliphatic rings. The predicted molar refractivity (Wildman–Crippen MR) is 105 cm³/mol. The summed E-state index contributed by atoms with van der Waals surface area (Å²) in [5.74, 6) is -2.64. The van der Waals surface area contributed by atoms with E-state index in [4.69, 9.17) is 9.47 Å². The lowest BCUT2D eigenvalue weighted by Gasteiger charge is -2.37. The van der Waals surface area contributed by atoms with Crippen molar-refractivity contribution < 1.29 is 29.0 Å². The number of aliphatic hydroxyl groups excluding tert-OH is 1. The highest BCUT2D eigenvalue weighted by molar-refractivity contribution is 5.98. The van der Waals surface area contributed by atoms with Crippen LogP contribution in [-0.2, 0) is 23.9 Å². The van der Waals surface area contributed by atoms with Gasteiger partial charge in [-0.1, -0.05) is 13.8 Å². The SMILES string of the molecule is CCOC(=O)[C@H]1[C@H]2C(=O)N([C@@H](CC)CO)C(C(=O)NC(C)C)C23CC(C)[C@]1(C)O3. The second kappa shape index (κ2) is 7.54. The Morgan fingerprint density at radius 1 is 1.38 bits per heavy atom. The van der Waals surface area contributed by atoms with E-state index in [1.54, 1.807) is 6.92 Å². The van der Waals surface area contributed by atoms with Crippen molar-refractivity contribution in [2.75, 3.05) is 13.2 Å². The van der Waals surface area contributed by atoms with E-state index >= 15 is 0 Å². The Balaban J connectivity index is 2.13. The molecule has 164 valence electrons. The van der Waals surface area contributed by atoms with Crippen LogP contribution in [0, 0.1) is 17.8 Å². The highest BCUT2D eigenvalue weighted by Gasteiger charge is 2.80. The number of ether oxygens (including phenoxy) is 2. The van der Waals surface area contributed by atoms with Crippen molar-refractivity contribution >= 4 is 17.8 Å². The van der Waals surface area contributed by atoms with Crippen LogP contribution in [0.3, 0.4) is 0 Å². The van der Waals surface area contributed by atoms with Crippen molar-refractivity contribution in [1.29, 1.82) is 0 Å². The summed E-state index contributed by atoms with van der Waals surface area (Å²) in [6, 6.07) is -1.52.